The molecule has 0 bridgehead atoms. The van der Waals surface area contributed by atoms with Gasteiger partial charge in [0.05, 0.1) is 16.7 Å². The van der Waals surface area contributed by atoms with Gasteiger partial charge in [-0.05, 0) is 78.4 Å². The lowest BCUT2D eigenvalue weighted by molar-refractivity contribution is 0.617. The zero-order valence-electron chi connectivity index (χ0n) is 29.1. The molecule has 0 unspecified atom stereocenters. The SMILES string of the molecule is c1ccc(-c2nc3cc4c(cc3o2)oc2c(-c3ccc(N(c5ccccc5)c5cccc6c5c5ccccc5n6-c5ccccc5)cc3)cccc24)cc1. The Hall–Kier alpha value is -7.37. The van der Waals surface area contributed by atoms with Crippen molar-refractivity contribution in [1.29, 1.82) is 0 Å². The lowest BCUT2D eigenvalue weighted by Gasteiger charge is -2.26. The van der Waals surface area contributed by atoms with Gasteiger partial charge in [-0.2, -0.15) is 0 Å². The monoisotopic (exact) mass is 693 g/mol. The van der Waals surface area contributed by atoms with Gasteiger partial charge in [-0.25, -0.2) is 4.98 Å². The van der Waals surface area contributed by atoms with Crippen LogP contribution in [0, 0.1) is 0 Å². The molecule has 0 saturated heterocycles. The van der Waals surface area contributed by atoms with Gasteiger partial charge < -0.3 is 18.3 Å². The molecule has 0 N–H and O–H groups in total. The van der Waals surface area contributed by atoms with Gasteiger partial charge in [0.2, 0.25) is 5.89 Å². The molecule has 0 fully saturated rings. The maximum Gasteiger partial charge on any atom is 0.227 e. The van der Waals surface area contributed by atoms with Crippen molar-refractivity contribution in [2.24, 2.45) is 0 Å². The van der Waals surface area contributed by atoms with Crippen LogP contribution in [0.3, 0.4) is 0 Å². The first-order chi connectivity index (χ1) is 26.8. The average molecular weight is 694 g/mol. The molecule has 0 atom stereocenters. The Balaban J connectivity index is 1.04. The van der Waals surface area contributed by atoms with Crippen LogP contribution in [0.5, 0.6) is 0 Å². The zero-order chi connectivity index (χ0) is 35.6. The second-order valence-electron chi connectivity index (χ2n) is 13.6. The number of anilines is 3. The molecule has 3 heterocycles. The van der Waals surface area contributed by atoms with Crippen LogP contribution >= 0.6 is 0 Å². The predicted octanol–water partition coefficient (Wildman–Crippen LogP) is 13.6. The van der Waals surface area contributed by atoms with Gasteiger partial charge in [-0.1, -0.05) is 109 Å². The van der Waals surface area contributed by atoms with Crippen LogP contribution in [-0.2, 0) is 0 Å². The number of nitrogens with zero attached hydrogens (tertiary/aromatic N) is 3. The van der Waals surface area contributed by atoms with E-state index in [0.29, 0.717) is 11.5 Å². The highest BCUT2D eigenvalue weighted by molar-refractivity contribution is 6.17. The van der Waals surface area contributed by atoms with E-state index in [1.54, 1.807) is 0 Å². The van der Waals surface area contributed by atoms with E-state index in [2.05, 4.69) is 161 Å². The highest BCUT2D eigenvalue weighted by Crippen LogP contribution is 2.45. The minimum Gasteiger partial charge on any atom is -0.455 e. The lowest BCUT2D eigenvalue weighted by atomic mass is 10.0. The van der Waals surface area contributed by atoms with E-state index < -0.39 is 0 Å². The molecule has 254 valence electrons. The van der Waals surface area contributed by atoms with Crippen molar-refractivity contribution in [3.8, 4) is 28.3 Å². The van der Waals surface area contributed by atoms with E-state index in [-0.39, 0.29) is 0 Å². The fraction of sp³-hybridized carbons (Fsp3) is 0. The third kappa shape index (κ3) is 4.76. The average Bonchev–Trinajstić information content (AvgIpc) is 3.93. The molecule has 8 aromatic carbocycles. The molecule has 5 nitrogen and oxygen atoms in total. The van der Waals surface area contributed by atoms with Gasteiger partial charge >= 0.3 is 0 Å². The molecule has 0 aliphatic heterocycles. The Labute approximate surface area is 310 Å². The molecule has 54 heavy (non-hydrogen) atoms. The maximum absolute atomic E-state index is 6.60. The standard InChI is InChI=1S/C49H31N3O2/c1-4-14-33(15-5-1)49-50-41-30-40-38-22-12-21-37(48(38)53-45(40)31-46(41)54-49)32-26-28-36(29-27-32)51(34-16-6-2-7-17-34)43-24-13-25-44-47(43)39-20-10-11-23-42(39)52(44)35-18-8-3-9-19-35/h1-31H. The van der Waals surface area contributed by atoms with Gasteiger partial charge in [0, 0.05) is 55.8 Å². The summed E-state index contributed by atoms with van der Waals surface area (Å²) in [6, 6.07) is 65.7. The first kappa shape index (κ1) is 30.3. The molecule has 0 radical (unpaired) electrons. The first-order valence-electron chi connectivity index (χ1n) is 18.1. The number of oxazole rings is 1. The Morgan fingerprint density at radius 1 is 0.463 bits per heavy atom. The summed E-state index contributed by atoms with van der Waals surface area (Å²) >= 11 is 0. The van der Waals surface area contributed by atoms with E-state index in [1.165, 1.54) is 16.3 Å². The van der Waals surface area contributed by atoms with Gasteiger partial charge in [-0.15, -0.1) is 0 Å². The lowest BCUT2D eigenvalue weighted by Crippen LogP contribution is -2.10. The molecule has 5 heteroatoms. The van der Waals surface area contributed by atoms with Gasteiger partial charge in [-0.3, -0.25) is 0 Å². The van der Waals surface area contributed by atoms with Crippen molar-refractivity contribution < 1.29 is 8.83 Å². The number of fused-ring (bicyclic) bond motifs is 7. The third-order valence-corrected chi connectivity index (χ3v) is 10.4. The minimum atomic E-state index is 0.603. The first-order valence-corrected chi connectivity index (χ1v) is 18.1. The Bertz CT molecular complexity index is 3140. The summed E-state index contributed by atoms with van der Waals surface area (Å²) in [7, 11) is 0. The maximum atomic E-state index is 6.60. The van der Waals surface area contributed by atoms with Crippen LogP contribution in [0.2, 0.25) is 0 Å². The van der Waals surface area contributed by atoms with Crippen LogP contribution < -0.4 is 4.90 Å². The van der Waals surface area contributed by atoms with Crippen LogP contribution in [0.1, 0.15) is 0 Å². The fourth-order valence-corrected chi connectivity index (χ4v) is 7.99. The van der Waals surface area contributed by atoms with Crippen molar-refractivity contribution in [3.63, 3.8) is 0 Å². The van der Waals surface area contributed by atoms with Gasteiger partial charge in [0.15, 0.2) is 5.58 Å². The van der Waals surface area contributed by atoms with Crippen molar-refractivity contribution in [3.05, 3.63) is 188 Å². The van der Waals surface area contributed by atoms with Crippen LogP contribution in [-0.4, -0.2) is 9.55 Å². The molecular formula is C49H31N3O2. The smallest absolute Gasteiger partial charge is 0.227 e. The number of aromatic nitrogens is 2. The molecular weight excluding hydrogens is 663 g/mol. The van der Waals surface area contributed by atoms with Crippen LogP contribution in [0.4, 0.5) is 17.1 Å². The Morgan fingerprint density at radius 3 is 1.94 bits per heavy atom. The van der Waals surface area contributed by atoms with Crippen LogP contribution in [0.25, 0.3) is 83.1 Å². The third-order valence-electron chi connectivity index (χ3n) is 10.4. The van der Waals surface area contributed by atoms with Crippen molar-refractivity contribution in [2.75, 3.05) is 4.90 Å². The van der Waals surface area contributed by atoms with E-state index in [9.17, 15) is 0 Å². The second kappa shape index (κ2) is 12.1. The second-order valence-corrected chi connectivity index (χ2v) is 13.6. The van der Waals surface area contributed by atoms with E-state index in [1.807, 2.05) is 36.4 Å². The number of furan rings is 1. The summed E-state index contributed by atoms with van der Waals surface area (Å²) in [5.74, 6) is 0.603. The Kier molecular flexibility index (Phi) is 6.79. The summed E-state index contributed by atoms with van der Waals surface area (Å²) in [6.45, 7) is 0. The molecule has 0 aliphatic rings. The Morgan fingerprint density at radius 2 is 1.13 bits per heavy atom. The normalized spacial score (nSPS) is 11.7. The molecule has 0 amide bonds. The van der Waals surface area contributed by atoms with Gasteiger partial charge in [0.1, 0.15) is 16.7 Å². The highest BCUT2D eigenvalue weighted by atomic mass is 16.4. The molecule has 0 saturated carbocycles. The largest absolute Gasteiger partial charge is 0.455 e. The summed E-state index contributed by atoms with van der Waals surface area (Å²) in [4.78, 5) is 7.18. The molecule has 11 aromatic rings. The topological polar surface area (TPSA) is 47.3 Å². The zero-order valence-corrected chi connectivity index (χ0v) is 29.1. The quantitative estimate of drug-likeness (QED) is 0.174. The minimum absolute atomic E-state index is 0.603. The van der Waals surface area contributed by atoms with Crippen molar-refractivity contribution >= 4 is 71.9 Å². The number of para-hydroxylation sites is 4. The van der Waals surface area contributed by atoms with Crippen LogP contribution in [0.15, 0.2) is 197 Å². The van der Waals surface area contributed by atoms with Crippen molar-refractivity contribution in [2.45, 2.75) is 0 Å². The molecule has 11 rings (SSSR count). The van der Waals surface area contributed by atoms with E-state index in [4.69, 9.17) is 13.8 Å². The molecule has 0 aliphatic carbocycles. The number of benzene rings is 8. The summed E-state index contributed by atoms with van der Waals surface area (Å²) in [5, 5.41) is 4.47. The predicted molar refractivity (Wildman–Crippen MR) is 221 cm³/mol. The molecule has 3 aromatic heterocycles. The number of hydrogen-bond donors (Lipinski definition) is 0. The summed E-state index contributed by atoms with van der Waals surface area (Å²) in [6.07, 6.45) is 0. The number of rotatable bonds is 6. The molecule has 0 spiro atoms. The fourth-order valence-electron chi connectivity index (χ4n) is 7.99. The van der Waals surface area contributed by atoms with E-state index in [0.717, 1.165) is 72.4 Å². The van der Waals surface area contributed by atoms with Gasteiger partial charge in [0.25, 0.3) is 0 Å². The highest BCUT2D eigenvalue weighted by Gasteiger charge is 2.22. The summed E-state index contributed by atoms with van der Waals surface area (Å²) < 4.78 is 15.1. The summed E-state index contributed by atoms with van der Waals surface area (Å²) in [5.41, 5.74) is 12.9. The van der Waals surface area contributed by atoms with E-state index >= 15 is 0 Å². The van der Waals surface area contributed by atoms with Crippen molar-refractivity contribution in [1.82, 2.24) is 9.55 Å². The number of hydrogen-bond acceptors (Lipinski definition) is 4.